The maximum absolute atomic E-state index is 11.8. The molecule has 5 nitrogen and oxygen atoms in total. The first-order valence-electron chi connectivity index (χ1n) is 7.26. The van der Waals surface area contributed by atoms with Crippen LogP contribution in [0.2, 0.25) is 5.02 Å². The first-order valence-corrected chi connectivity index (χ1v) is 9.51. The van der Waals surface area contributed by atoms with Gasteiger partial charge in [-0.2, -0.15) is 0 Å². The van der Waals surface area contributed by atoms with Crippen LogP contribution in [0.1, 0.15) is 19.5 Å². The number of halogens is 1. The lowest BCUT2D eigenvalue weighted by Crippen LogP contribution is -2.27. The zero-order valence-electron chi connectivity index (χ0n) is 13.3. The molecule has 0 saturated heterocycles. The van der Waals surface area contributed by atoms with E-state index in [2.05, 4.69) is 4.98 Å². The molecule has 0 unspecified atom stereocenters. The van der Waals surface area contributed by atoms with Gasteiger partial charge in [0.1, 0.15) is 6.61 Å². The first-order chi connectivity index (χ1) is 11.5. The molecule has 2 aromatic rings. The Morgan fingerprint density at radius 1 is 1.38 bits per heavy atom. The van der Waals surface area contributed by atoms with Gasteiger partial charge in [-0.3, -0.25) is 14.5 Å². The molecule has 0 bridgehead atoms. The smallest absolute Gasteiger partial charge is 0.316 e. The van der Waals surface area contributed by atoms with Crippen LogP contribution in [-0.2, 0) is 20.9 Å². The van der Waals surface area contributed by atoms with Crippen molar-refractivity contribution in [2.24, 2.45) is 0 Å². The van der Waals surface area contributed by atoms with Gasteiger partial charge in [-0.25, -0.2) is 4.98 Å². The maximum Gasteiger partial charge on any atom is 0.316 e. The summed E-state index contributed by atoms with van der Waals surface area (Å²) in [7, 11) is 0. The Labute approximate surface area is 154 Å². The zero-order chi connectivity index (χ0) is 17.5. The van der Waals surface area contributed by atoms with Gasteiger partial charge in [-0.15, -0.1) is 23.1 Å². The Hall–Kier alpha value is -1.57. The number of aromatic nitrogens is 1. The predicted molar refractivity (Wildman–Crippen MR) is 97.8 cm³/mol. The van der Waals surface area contributed by atoms with Crippen molar-refractivity contribution in [3.63, 3.8) is 0 Å². The summed E-state index contributed by atoms with van der Waals surface area (Å²) in [5, 5.41) is 3.01. The molecule has 8 heteroatoms. The first kappa shape index (κ1) is 18.8. The maximum atomic E-state index is 11.8. The lowest BCUT2D eigenvalue weighted by atomic mass is 10.4. The molecule has 0 atom stereocenters. The summed E-state index contributed by atoms with van der Waals surface area (Å²) < 4.78 is 5.21. The molecule has 1 heterocycles. The summed E-state index contributed by atoms with van der Waals surface area (Å²) in [5.74, 6) is -0.227. The number of hydrogen-bond acceptors (Lipinski definition) is 6. The van der Waals surface area contributed by atoms with E-state index in [1.165, 1.54) is 30.0 Å². The quantitative estimate of drug-likeness (QED) is 0.533. The minimum Gasteiger partial charge on any atom is -0.459 e. The molecule has 1 aromatic carbocycles. The summed E-state index contributed by atoms with van der Waals surface area (Å²) in [5.41, 5.74) is 0.630. The van der Waals surface area contributed by atoms with Gasteiger partial charge in [0.15, 0.2) is 5.13 Å². The molecule has 0 aliphatic rings. The Kier molecular flexibility index (Phi) is 7.08. The molecule has 0 aliphatic heterocycles. The van der Waals surface area contributed by atoms with Crippen molar-refractivity contribution in [2.45, 2.75) is 25.3 Å². The van der Waals surface area contributed by atoms with Crippen molar-refractivity contribution in [3.8, 4) is 0 Å². The molecule has 2 rings (SSSR count). The van der Waals surface area contributed by atoms with E-state index in [1.54, 1.807) is 16.3 Å². The van der Waals surface area contributed by atoms with Crippen LogP contribution in [0.15, 0.2) is 34.5 Å². The second-order valence-corrected chi connectivity index (χ2v) is 7.03. The van der Waals surface area contributed by atoms with E-state index in [0.717, 1.165) is 4.90 Å². The molecule has 24 heavy (non-hydrogen) atoms. The summed E-state index contributed by atoms with van der Waals surface area (Å²) in [6.45, 7) is 4.02. The average Bonchev–Trinajstić information content (AvgIpc) is 3.01. The zero-order valence-corrected chi connectivity index (χ0v) is 15.7. The lowest BCUT2D eigenvalue weighted by Gasteiger charge is -2.14. The Bertz CT molecular complexity index is 721. The standard InChI is InChI=1S/C16H17ClN2O3S2/c1-3-19(11(2)20)16-18-12(9-24-16)8-22-15(21)10-23-14-7-5-4-6-13(14)17/h4-7,9H,3,8,10H2,1-2H3. The van der Waals surface area contributed by atoms with Gasteiger partial charge in [0.2, 0.25) is 5.91 Å². The molecule has 1 aromatic heterocycles. The van der Waals surface area contributed by atoms with E-state index in [-0.39, 0.29) is 24.2 Å². The van der Waals surface area contributed by atoms with E-state index < -0.39 is 0 Å². The highest BCUT2D eigenvalue weighted by Crippen LogP contribution is 2.26. The van der Waals surface area contributed by atoms with Gasteiger partial charge in [0.25, 0.3) is 0 Å². The van der Waals surface area contributed by atoms with Crippen molar-refractivity contribution < 1.29 is 14.3 Å². The number of carbonyl (C=O) groups excluding carboxylic acids is 2. The number of hydrogen-bond donors (Lipinski definition) is 0. The van der Waals surface area contributed by atoms with E-state index in [4.69, 9.17) is 16.3 Å². The fourth-order valence-electron chi connectivity index (χ4n) is 1.87. The number of ether oxygens (including phenoxy) is 1. The second-order valence-electron chi connectivity index (χ2n) is 4.76. The van der Waals surface area contributed by atoms with E-state index in [1.807, 2.05) is 25.1 Å². The third-order valence-electron chi connectivity index (χ3n) is 3.03. The van der Waals surface area contributed by atoms with Crippen LogP contribution in [0.25, 0.3) is 0 Å². The number of carbonyl (C=O) groups is 2. The largest absolute Gasteiger partial charge is 0.459 e. The number of anilines is 1. The van der Waals surface area contributed by atoms with Gasteiger partial charge >= 0.3 is 5.97 Å². The average molecular weight is 385 g/mol. The number of amides is 1. The summed E-state index contributed by atoms with van der Waals surface area (Å²) in [4.78, 5) is 30.1. The van der Waals surface area contributed by atoms with Crippen molar-refractivity contribution >= 4 is 51.7 Å². The highest BCUT2D eigenvalue weighted by molar-refractivity contribution is 8.00. The highest BCUT2D eigenvalue weighted by Gasteiger charge is 2.14. The van der Waals surface area contributed by atoms with Crippen LogP contribution in [0.5, 0.6) is 0 Å². The third kappa shape index (κ3) is 5.22. The third-order valence-corrected chi connectivity index (χ3v) is 5.43. The van der Waals surface area contributed by atoms with Crippen molar-refractivity contribution in [1.29, 1.82) is 0 Å². The van der Waals surface area contributed by atoms with E-state index in [9.17, 15) is 9.59 Å². The molecule has 0 radical (unpaired) electrons. The van der Waals surface area contributed by atoms with E-state index in [0.29, 0.717) is 22.4 Å². The minimum absolute atomic E-state index is 0.0634. The predicted octanol–water partition coefficient (Wildman–Crippen LogP) is 4.00. The van der Waals surface area contributed by atoms with Gasteiger partial charge < -0.3 is 4.74 Å². The number of nitrogens with zero attached hydrogens (tertiary/aromatic N) is 2. The van der Waals surface area contributed by atoms with Crippen LogP contribution in [0.3, 0.4) is 0 Å². The minimum atomic E-state index is -0.339. The molecule has 0 fully saturated rings. The van der Waals surface area contributed by atoms with Crippen LogP contribution in [0, 0.1) is 0 Å². The summed E-state index contributed by atoms with van der Waals surface area (Å²) in [6, 6.07) is 7.34. The van der Waals surface area contributed by atoms with Crippen molar-refractivity contribution in [2.75, 3.05) is 17.2 Å². The fraction of sp³-hybridized carbons (Fsp3) is 0.312. The topological polar surface area (TPSA) is 59.5 Å². The number of rotatable bonds is 7. The number of thiazole rings is 1. The molecule has 0 aliphatic carbocycles. The SMILES string of the molecule is CCN(C(C)=O)c1nc(COC(=O)CSc2ccccc2Cl)cs1. The van der Waals surface area contributed by atoms with Gasteiger partial charge in [-0.1, -0.05) is 23.7 Å². The Morgan fingerprint density at radius 2 is 2.12 bits per heavy atom. The monoisotopic (exact) mass is 384 g/mol. The molecule has 0 N–H and O–H groups in total. The van der Waals surface area contributed by atoms with Crippen LogP contribution in [0.4, 0.5) is 5.13 Å². The second kappa shape index (κ2) is 9.05. The molecule has 0 spiro atoms. The van der Waals surface area contributed by atoms with Crippen LogP contribution in [-0.4, -0.2) is 29.2 Å². The Balaban J connectivity index is 1.83. The molecule has 128 valence electrons. The Morgan fingerprint density at radius 3 is 2.79 bits per heavy atom. The molecule has 1 amide bonds. The van der Waals surface area contributed by atoms with Gasteiger partial charge in [-0.05, 0) is 19.1 Å². The van der Waals surface area contributed by atoms with Crippen molar-refractivity contribution in [1.82, 2.24) is 4.98 Å². The molecular weight excluding hydrogens is 368 g/mol. The van der Waals surface area contributed by atoms with Gasteiger partial charge in [0, 0.05) is 23.7 Å². The number of esters is 1. The van der Waals surface area contributed by atoms with Crippen LogP contribution < -0.4 is 4.90 Å². The van der Waals surface area contributed by atoms with Gasteiger partial charge in [0.05, 0.1) is 16.5 Å². The normalized spacial score (nSPS) is 10.5. The van der Waals surface area contributed by atoms with E-state index >= 15 is 0 Å². The lowest BCUT2D eigenvalue weighted by molar-refractivity contribution is -0.141. The number of benzene rings is 1. The number of thioether (sulfide) groups is 1. The fourth-order valence-corrected chi connectivity index (χ4v) is 3.83. The molecular formula is C16H17ClN2O3S2. The summed E-state index contributed by atoms with van der Waals surface area (Å²) in [6.07, 6.45) is 0. The molecule has 0 saturated carbocycles. The summed E-state index contributed by atoms with van der Waals surface area (Å²) >= 11 is 8.72. The van der Waals surface area contributed by atoms with Crippen LogP contribution >= 0.6 is 34.7 Å². The van der Waals surface area contributed by atoms with Crippen molar-refractivity contribution in [3.05, 3.63) is 40.4 Å². The highest BCUT2D eigenvalue weighted by atomic mass is 35.5.